The van der Waals surface area contributed by atoms with E-state index in [1.54, 1.807) is 24.2 Å². The molecule has 0 fully saturated rings. The van der Waals surface area contributed by atoms with Crippen molar-refractivity contribution in [1.29, 1.82) is 0 Å². The minimum atomic E-state index is -0.760. The molecule has 0 aliphatic carbocycles. The predicted molar refractivity (Wildman–Crippen MR) is 112 cm³/mol. The van der Waals surface area contributed by atoms with Crippen molar-refractivity contribution in [2.75, 3.05) is 0 Å². The van der Waals surface area contributed by atoms with E-state index in [9.17, 15) is 4.79 Å². The van der Waals surface area contributed by atoms with Crippen LogP contribution in [0.1, 0.15) is 42.0 Å². The number of aromatic nitrogens is 2. The first kappa shape index (κ1) is 20.0. The number of carbonyl (C=O) groups excluding carboxylic acids is 1. The largest absolute Gasteiger partial charge is 0.445 e. The van der Waals surface area contributed by atoms with Gasteiger partial charge in [-0.15, -0.1) is 0 Å². The maximum absolute atomic E-state index is 11.1. The summed E-state index contributed by atoms with van der Waals surface area (Å²) in [4.78, 5) is 16.4. The minimum Gasteiger partial charge on any atom is -0.445 e. The second kappa shape index (κ2) is 8.97. The van der Waals surface area contributed by atoms with Crippen LogP contribution in [0.4, 0.5) is 4.79 Å². The zero-order valence-electron chi connectivity index (χ0n) is 16.4. The summed E-state index contributed by atoms with van der Waals surface area (Å²) in [5.41, 5.74) is 9.75. The van der Waals surface area contributed by atoms with Crippen molar-refractivity contribution >= 4 is 17.9 Å². The van der Waals surface area contributed by atoms with Gasteiger partial charge in [0.05, 0.1) is 5.03 Å². The molecule has 0 radical (unpaired) electrons. The summed E-state index contributed by atoms with van der Waals surface area (Å²) in [6, 6.07) is 12.5. The highest BCUT2D eigenvalue weighted by Crippen LogP contribution is 2.38. The number of primary amides is 1. The summed E-state index contributed by atoms with van der Waals surface area (Å²) < 4.78 is 7.33. The van der Waals surface area contributed by atoms with Crippen LogP contribution in [0.5, 0.6) is 0 Å². The fraction of sp³-hybridized carbons (Fsp3) is 0.273. The topological polar surface area (TPSA) is 70.1 Å². The average Bonchev–Trinajstić information content (AvgIpc) is 3.00. The summed E-state index contributed by atoms with van der Waals surface area (Å²) in [7, 11) is 0. The molecule has 3 aromatic rings. The third kappa shape index (κ3) is 4.95. The fourth-order valence-electron chi connectivity index (χ4n) is 3.12. The van der Waals surface area contributed by atoms with E-state index in [0.29, 0.717) is 6.54 Å². The lowest BCUT2D eigenvalue weighted by Crippen LogP contribution is -2.13. The normalized spacial score (nSPS) is 11.0. The van der Waals surface area contributed by atoms with Crippen molar-refractivity contribution in [1.82, 2.24) is 9.55 Å². The summed E-state index contributed by atoms with van der Waals surface area (Å²) in [6.07, 6.45) is 4.90. The van der Waals surface area contributed by atoms with Crippen LogP contribution in [0.2, 0.25) is 0 Å². The van der Waals surface area contributed by atoms with Crippen molar-refractivity contribution in [3.8, 4) is 0 Å². The molecule has 3 rings (SSSR count). The van der Waals surface area contributed by atoms with Crippen molar-refractivity contribution in [3.05, 3.63) is 77.2 Å². The van der Waals surface area contributed by atoms with Crippen LogP contribution < -0.4 is 5.73 Å². The van der Waals surface area contributed by atoms with E-state index in [0.717, 1.165) is 16.2 Å². The third-order valence-corrected chi connectivity index (χ3v) is 5.59. The van der Waals surface area contributed by atoms with Crippen LogP contribution in [0, 0.1) is 6.92 Å². The molecule has 0 saturated carbocycles. The van der Waals surface area contributed by atoms with Gasteiger partial charge < -0.3 is 15.0 Å². The highest BCUT2D eigenvalue weighted by molar-refractivity contribution is 7.99. The van der Waals surface area contributed by atoms with Gasteiger partial charge in [-0.3, -0.25) is 4.98 Å². The molecule has 2 heterocycles. The van der Waals surface area contributed by atoms with E-state index in [4.69, 9.17) is 10.5 Å². The van der Waals surface area contributed by atoms with Crippen LogP contribution in [0.15, 0.2) is 64.9 Å². The molecule has 2 N–H and O–H groups in total. The molecular formula is C22H25N3O2S. The van der Waals surface area contributed by atoms with Gasteiger partial charge in [-0.25, -0.2) is 4.79 Å². The number of hydrogen-bond acceptors (Lipinski definition) is 4. The Morgan fingerprint density at radius 3 is 2.46 bits per heavy atom. The molecule has 0 aliphatic rings. The Labute approximate surface area is 169 Å². The van der Waals surface area contributed by atoms with Gasteiger partial charge in [-0.1, -0.05) is 43.3 Å². The Morgan fingerprint density at radius 1 is 1.18 bits per heavy atom. The van der Waals surface area contributed by atoms with E-state index in [2.05, 4.69) is 60.8 Å². The van der Waals surface area contributed by atoms with Crippen molar-refractivity contribution in [2.45, 2.75) is 49.8 Å². The Balaban J connectivity index is 2.02. The molecule has 0 spiro atoms. The molecule has 6 heteroatoms. The highest BCUT2D eigenvalue weighted by Gasteiger charge is 2.20. The Hall–Kier alpha value is -2.73. The lowest BCUT2D eigenvalue weighted by atomic mass is 10.0. The SMILES string of the molecule is Cc1ccc(Sc2c(C(C)C)c(COC(N)=O)cn2Cc2ccncc2)cc1. The zero-order valence-corrected chi connectivity index (χ0v) is 17.2. The Kier molecular flexibility index (Phi) is 6.41. The van der Waals surface area contributed by atoms with Gasteiger partial charge in [-0.2, -0.15) is 0 Å². The van der Waals surface area contributed by atoms with Gasteiger partial charge in [0.2, 0.25) is 0 Å². The van der Waals surface area contributed by atoms with Crippen LogP contribution in [0.25, 0.3) is 0 Å². The fourth-order valence-corrected chi connectivity index (χ4v) is 4.33. The van der Waals surface area contributed by atoms with E-state index in [1.165, 1.54) is 16.0 Å². The van der Waals surface area contributed by atoms with Crippen LogP contribution in [-0.2, 0) is 17.9 Å². The molecule has 0 saturated heterocycles. The van der Waals surface area contributed by atoms with Gasteiger partial charge in [0.25, 0.3) is 0 Å². The predicted octanol–water partition coefficient (Wildman–Crippen LogP) is 5.11. The van der Waals surface area contributed by atoms with Crippen molar-refractivity contribution in [2.24, 2.45) is 5.73 Å². The highest BCUT2D eigenvalue weighted by atomic mass is 32.2. The zero-order chi connectivity index (χ0) is 20.1. The molecule has 0 atom stereocenters. The van der Waals surface area contributed by atoms with Crippen molar-refractivity contribution < 1.29 is 9.53 Å². The van der Waals surface area contributed by atoms with E-state index >= 15 is 0 Å². The van der Waals surface area contributed by atoms with E-state index in [1.807, 2.05) is 12.1 Å². The molecular weight excluding hydrogens is 370 g/mol. The number of hydrogen-bond donors (Lipinski definition) is 1. The molecule has 0 bridgehead atoms. The van der Waals surface area contributed by atoms with E-state index in [-0.39, 0.29) is 12.5 Å². The Bertz CT molecular complexity index is 934. The van der Waals surface area contributed by atoms with Gasteiger partial charge in [0, 0.05) is 35.6 Å². The van der Waals surface area contributed by atoms with Crippen LogP contribution in [0.3, 0.4) is 0 Å². The number of pyridine rings is 1. The smallest absolute Gasteiger partial charge is 0.404 e. The number of nitrogens with zero attached hydrogens (tertiary/aromatic N) is 2. The Morgan fingerprint density at radius 2 is 1.86 bits per heavy atom. The number of nitrogens with two attached hydrogens (primary N) is 1. The third-order valence-electron chi connectivity index (χ3n) is 4.43. The summed E-state index contributed by atoms with van der Waals surface area (Å²) >= 11 is 1.73. The van der Waals surface area contributed by atoms with Gasteiger partial charge in [0.1, 0.15) is 6.61 Å². The summed E-state index contributed by atoms with van der Waals surface area (Å²) in [5.74, 6) is 0.276. The maximum atomic E-state index is 11.1. The molecule has 1 aromatic carbocycles. The first-order valence-electron chi connectivity index (χ1n) is 9.21. The summed E-state index contributed by atoms with van der Waals surface area (Å²) in [6.45, 7) is 7.28. The second-order valence-electron chi connectivity index (χ2n) is 7.03. The van der Waals surface area contributed by atoms with Gasteiger partial charge >= 0.3 is 6.09 Å². The van der Waals surface area contributed by atoms with Gasteiger partial charge in [0.15, 0.2) is 0 Å². The lowest BCUT2D eigenvalue weighted by Gasteiger charge is -2.14. The molecule has 1 amide bonds. The van der Waals surface area contributed by atoms with Crippen LogP contribution >= 0.6 is 11.8 Å². The minimum absolute atomic E-state index is 0.174. The average molecular weight is 396 g/mol. The molecule has 0 aliphatic heterocycles. The second-order valence-corrected chi connectivity index (χ2v) is 8.10. The van der Waals surface area contributed by atoms with Crippen molar-refractivity contribution in [3.63, 3.8) is 0 Å². The number of benzene rings is 1. The first-order valence-corrected chi connectivity index (χ1v) is 10.0. The molecule has 146 valence electrons. The standard InChI is InChI=1S/C22H25N3O2S/c1-15(2)20-18(14-27-22(23)26)13-25(12-17-8-10-24-11-9-17)21(20)28-19-6-4-16(3)5-7-19/h4-11,13,15H,12,14H2,1-3H3,(H2,23,26). The molecule has 5 nitrogen and oxygen atoms in total. The first-order chi connectivity index (χ1) is 13.4. The molecule has 28 heavy (non-hydrogen) atoms. The summed E-state index contributed by atoms with van der Waals surface area (Å²) in [5, 5.41) is 1.15. The number of ether oxygens (including phenoxy) is 1. The van der Waals surface area contributed by atoms with Crippen LogP contribution in [-0.4, -0.2) is 15.6 Å². The van der Waals surface area contributed by atoms with E-state index < -0.39 is 6.09 Å². The molecule has 0 unspecified atom stereocenters. The quantitative estimate of drug-likeness (QED) is 0.603. The molecule has 2 aromatic heterocycles. The lowest BCUT2D eigenvalue weighted by molar-refractivity contribution is 0.150. The monoisotopic (exact) mass is 395 g/mol. The number of carbonyl (C=O) groups is 1. The van der Waals surface area contributed by atoms with Gasteiger partial charge in [-0.05, 0) is 48.2 Å². The maximum Gasteiger partial charge on any atom is 0.404 e. The number of aryl methyl sites for hydroxylation is 1. The number of amides is 1. The number of rotatable bonds is 7.